The molecular weight excluding hydrogens is 232 g/mol. The molecule has 0 aromatic heterocycles. The first kappa shape index (κ1) is 13.4. The molecule has 0 amide bonds. The number of esters is 1. The molecule has 18 heavy (non-hydrogen) atoms. The lowest BCUT2D eigenvalue weighted by molar-refractivity contribution is -0.160. The van der Waals surface area contributed by atoms with E-state index >= 15 is 0 Å². The Labute approximate surface area is 108 Å². The number of aliphatic carboxylic acids is 1. The Balaban J connectivity index is 2.23. The average Bonchev–Trinajstić information content (AvgIpc) is 2.72. The number of carboxylic acids is 1. The predicted molar refractivity (Wildman–Crippen MR) is 65.9 cm³/mol. The maximum absolute atomic E-state index is 12.1. The SMILES string of the molecule is CCCOC(=O)C1C(C(=O)O)C2CCC1C2(C)C. The van der Waals surface area contributed by atoms with Gasteiger partial charge in [0.2, 0.25) is 0 Å². The molecule has 4 atom stereocenters. The fraction of sp³-hybridized carbons (Fsp3) is 0.857. The average molecular weight is 254 g/mol. The van der Waals surface area contributed by atoms with Gasteiger partial charge in [-0.15, -0.1) is 0 Å². The number of ether oxygens (including phenoxy) is 1. The Hall–Kier alpha value is -1.06. The molecular formula is C14H22O4. The van der Waals surface area contributed by atoms with Crippen LogP contribution in [0.2, 0.25) is 0 Å². The van der Waals surface area contributed by atoms with Gasteiger partial charge in [-0.25, -0.2) is 0 Å². The first-order chi connectivity index (χ1) is 8.41. The van der Waals surface area contributed by atoms with Crippen LogP contribution in [0, 0.1) is 29.1 Å². The summed E-state index contributed by atoms with van der Waals surface area (Å²) in [6.45, 7) is 6.52. The van der Waals surface area contributed by atoms with Gasteiger partial charge >= 0.3 is 11.9 Å². The van der Waals surface area contributed by atoms with Crippen molar-refractivity contribution in [2.45, 2.75) is 40.0 Å². The summed E-state index contributed by atoms with van der Waals surface area (Å²) in [6, 6.07) is 0. The summed E-state index contributed by atoms with van der Waals surface area (Å²) in [5, 5.41) is 9.40. The summed E-state index contributed by atoms with van der Waals surface area (Å²) in [4.78, 5) is 23.6. The van der Waals surface area contributed by atoms with Crippen LogP contribution in [0.15, 0.2) is 0 Å². The molecule has 2 aliphatic carbocycles. The van der Waals surface area contributed by atoms with Crippen LogP contribution < -0.4 is 0 Å². The molecule has 0 aliphatic heterocycles. The third-order valence-corrected chi connectivity index (χ3v) is 4.96. The first-order valence-electron chi connectivity index (χ1n) is 6.80. The minimum atomic E-state index is -0.839. The van der Waals surface area contributed by atoms with Crippen LogP contribution >= 0.6 is 0 Å². The Morgan fingerprint density at radius 2 is 1.78 bits per heavy atom. The largest absolute Gasteiger partial charge is 0.481 e. The number of carbonyl (C=O) groups excluding carboxylic acids is 1. The second kappa shape index (κ2) is 4.56. The van der Waals surface area contributed by atoms with E-state index in [9.17, 15) is 14.7 Å². The quantitative estimate of drug-likeness (QED) is 0.782. The van der Waals surface area contributed by atoms with Crippen LogP contribution in [0.25, 0.3) is 0 Å². The smallest absolute Gasteiger partial charge is 0.310 e. The highest BCUT2D eigenvalue weighted by molar-refractivity contribution is 5.83. The van der Waals surface area contributed by atoms with Crippen molar-refractivity contribution in [2.75, 3.05) is 6.61 Å². The summed E-state index contributed by atoms with van der Waals surface area (Å²) >= 11 is 0. The molecule has 0 radical (unpaired) electrons. The Morgan fingerprint density at radius 1 is 1.22 bits per heavy atom. The molecule has 4 heteroatoms. The molecule has 4 nitrogen and oxygen atoms in total. The standard InChI is InChI=1S/C14H22O4/c1-4-7-18-13(17)11-9-6-5-8(14(9,2)3)10(11)12(15)16/h8-11H,4-7H2,1-3H3,(H,15,16). The molecule has 2 aliphatic rings. The second-order valence-electron chi connectivity index (χ2n) is 6.17. The monoisotopic (exact) mass is 254 g/mol. The molecule has 102 valence electrons. The van der Waals surface area contributed by atoms with Gasteiger partial charge in [0, 0.05) is 0 Å². The number of rotatable bonds is 4. The van der Waals surface area contributed by atoms with Crippen LogP contribution in [0.4, 0.5) is 0 Å². The number of carboxylic acid groups (broad SMARTS) is 1. The van der Waals surface area contributed by atoms with E-state index in [1.54, 1.807) is 0 Å². The molecule has 2 bridgehead atoms. The molecule has 0 heterocycles. The molecule has 0 spiro atoms. The topological polar surface area (TPSA) is 63.6 Å². The lowest BCUT2D eigenvalue weighted by Gasteiger charge is -2.26. The third kappa shape index (κ3) is 1.82. The van der Waals surface area contributed by atoms with E-state index in [1.165, 1.54) is 0 Å². The van der Waals surface area contributed by atoms with Gasteiger partial charge in [-0.05, 0) is 36.5 Å². The van der Waals surface area contributed by atoms with Gasteiger partial charge in [0.1, 0.15) is 0 Å². The lowest BCUT2D eigenvalue weighted by Crippen LogP contribution is -2.35. The fourth-order valence-corrected chi connectivity index (χ4v) is 4.10. The number of hydrogen-bond acceptors (Lipinski definition) is 3. The van der Waals surface area contributed by atoms with E-state index in [0.717, 1.165) is 19.3 Å². The molecule has 2 fully saturated rings. The molecule has 1 N–H and O–H groups in total. The van der Waals surface area contributed by atoms with Crippen molar-refractivity contribution in [2.24, 2.45) is 29.1 Å². The second-order valence-corrected chi connectivity index (χ2v) is 6.17. The maximum Gasteiger partial charge on any atom is 0.310 e. The maximum atomic E-state index is 12.1. The number of carbonyl (C=O) groups is 2. The van der Waals surface area contributed by atoms with Crippen LogP contribution in [0.1, 0.15) is 40.0 Å². The number of fused-ring (bicyclic) bond motifs is 2. The van der Waals surface area contributed by atoms with E-state index in [4.69, 9.17) is 4.74 Å². The summed E-state index contributed by atoms with van der Waals surface area (Å²) in [7, 11) is 0. The minimum absolute atomic E-state index is 0.0566. The van der Waals surface area contributed by atoms with Gasteiger partial charge < -0.3 is 9.84 Å². The van der Waals surface area contributed by atoms with E-state index in [-0.39, 0.29) is 23.2 Å². The van der Waals surface area contributed by atoms with Crippen LogP contribution in [-0.2, 0) is 14.3 Å². The Morgan fingerprint density at radius 3 is 2.28 bits per heavy atom. The normalized spacial score (nSPS) is 36.6. The lowest BCUT2D eigenvalue weighted by atomic mass is 9.79. The third-order valence-electron chi connectivity index (χ3n) is 4.96. The molecule has 0 aromatic rings. The highest BCUT2D eigenvalue weighted by Crippen LogP contribution is 2.63. The van der Waals surface area contributed by atoms with Gasteiger partial charge in [0.05, 0.1) is 18.4 Å². The highest BCUT2D eigenvalue weighted by atomic mass is 16.5. The Bertz CT molecular complexity index is 361. The summed E-state index contributed by atoms with van der Waals surface area (Å²) < 4.78 is 5.20. The summed E-state index contributed by atoms with van der Waals surface area (Å²) in [5.41, 5.74) is -0.0566. The van der Waals surface area contributed by atoms with Crippen molar-refractivity contribution in [1.29, 1.82) is 0 Å². The van der Waals surface area contributed by atoms with E-state index < -0.39 is 17.8 Å². The molecule has 4 unspecified atom stereocenters. The summed E-state index contributed by atoms with van der Waals surface area (Å²) in [5.74, 6) is -1.86. The molecule has 2 saturated carbocycles. The van der Waals surface area contributed by atoms with Crippen molar-refractivity contribution >= 4 is 11.9 Å². The van der Waals surface area contributed by atoms with Crippen molar-refractivity contribution < 1.29 is 19.4 Å². The van der Waals surface area contributed by atoms with Gasteiger partial charge in [0.25, 0.3) is 0 Å². The zero-order chi connectivity index (χ0) is 13.5. The summed E-state index contributed by atoms with van der Waals surface area (Å²) in [6.07, 6.45) is 2.65. The highest BCUT2D eigenvalue weighted by Gasteiger charge is 2.64. The van der Waals surface area contributed by atoms with Crippen molar-refractivity contribution in [3.8, 4) is 0 Å². The molecule has 2 rings (SSSR count). The van der Waals surface area contributed by atoms with Crippen LogP contribution in [-0.4, -0.2) is 23.7 Å². The van der Waals surface area contributed by atoms with E-state index in [0.29, 0.717) is 6.61 Å². The Kier molecular flexibility index (Phi) is 3.39. The minimum Gasteiger partial charge on any atom is -0.481 e. The first-order valence-corrected chi connectivity index (χ1v) is 6.80. The fourth-order valence-electron chi connectivity index (χ4n) is 4.10. The van der Waals surface area contributed by atoms with Crippen molar-refractivity contribution in [1.82, 2.24) is 0 Å². The van der Waals surface area contributed by atoms with Gasteiger partial charge in [-0.3, -0.25) is 9.59 Å². The zero-order valence-electron chi connectivity index (χ0n) is 11.3. The van der Waals surface area contributed by atoms with Gasteiger partial charge in [0.15, 0.2) is 0 Å². The van der Waals surface area contributed by atoms with Gasteiger partial charge in [-0.1, -0.05) is 20.8 Å². The van der Waals surface area contributed by atoms with Crippen LogP contribution in [0.3, 0.4) is 0 Å². The molecule has 0 aromatic carbocycles. The van der Waals surface area contributed by atoms with Crippen molar-refractivity contribution in [3.63, 3.8) is 0 Å². The van der Waals surface area contributed by atoms with Crippen LogP contribution in [0.5, 0.6) is 0 Å². The number of hydrogen-bond donors (Lipinski definition) is 1. The van der Waals surface area contributed by atoms with E-state index in [2.05, 4.69) is 13.8 Å². The van der Waals surface area contributed by atoms with E-state index in [1.807, 2.05) is 6.92 Å². The molecule has 0 saturated heterocycles. The predicted octanol–water partition coefficient (Wildman–Crippen LogP) is 2.32. The zero-order valence-corrected chi connectivity index (χ0v) is 11.3. The van der Waals surface area contributed by atoms with Crippen molar-refractivity contribution in [3.05, 3.63) is 0 Å². The van der Waals surface area contributed by atoms with Gasteiger partial charge in [-0.2, -0.15) is 0 Å².